The second-order valence-corrected chi connectivity index (χ2v) is 5.02. The first-order valence-corrected chi connectivity index (χ1v) is 6.73. The average Bonchev–Trinajstić information content (AvgIpc) is 2.92. The van der Waals surface area contributed by atoms with Gasteiger partial charge >= 0.3 is 0 Å². The first-order chi connectivity index (χ1) is 8.61. The van der Waals surface area contributed by atoms with E-state index >= 15 is 0 Å². The van der Waals surface area contributed by atoms with Crippen LogP contribution in [0.4, 0.5) is 0 Å². The molecule has 7 heteroatoms. The smallest absolute Gasteiger partial charge is 0.229 e. The summed E-state index contributed by atoms with van der Waals surface area (Å²) in [6.45, 7) is 2.67. The fourth-order valence-corrected chi connectivity index (χ4v) is 2.65. The van der Waals surface area contributed by atoms with Gasteiger partial charge in [0.1, 0.15) is 0 Å². The Kier molecular flexibility index (Phi) is 4.21. The van der Waals surface area contributed by atoms with Gasteiger partial charge in [-0.1, -0.05) is 11.6 Å². The first kappa shape index (κ1) is 13.3. The van der Waals surface area contributed by atoms with Crippen LogP contribution in [0.3, 0.4) is 0 Å². The summed E-state index contributed by atoms with van der Waals surface area (Å²) in [6.07, 6.45) is 1.79. The summed E-state index contributed by atoms with van der Waals surface area (Å²) < 4.78 is 11.1. The minimum Gasteiger partial charge on any atom is -0.480 e. The molecule has 0 aliphatic heterocycles. The van der Waals surface area contributed by atoms with E-state index in [0.29, 0.717) is 17.4 Å². The highest BCUT2D eigenvalue weighted by molar-refractivity contribution is 7.03. The van der Waals surface area contributed by atoms with Crippen LogP contribution in [0.1, 0.15) is 24.2 Å². The molecule has 1 unspecified atom stereocenters. The lowest BCUT2D eigenvalue weighted by molar-refractivity contribution is 0.390. The number of nitrogens with one attached hydrogen (secondary N) is 1. The normalized spacial score (nSPS) is 12.7. The number of ether oxygens (including phenoxy) is 1. The van der Waals surface area contributed by atoms with Crippen molar-refractivity contribution in [3.8, 4) is 5.88 Å². The molecule has 0 bridgehead atoms. The van der Waals surface area contributed by atoms with Crippen molar-refractivity contribution in [3.05, 3.63) is 27.9 Å². The van der Waals surface area contributed by atoms with Crippen molar-refractivity contribution in [2.24, 2.45) is 7.05 Å². The zero-order valence-corrected chi connectivity index (χ0v) is 12.0. The third-order valence-corrected chi connectivity index (χ3v) is 3.60. The molecule has 5 nitrogen and oxygen atoms in total. The second-order valence-electron chi connectivity index (χ2n) is 3.98. The molecule has 0 saturated heterocycles. The van der Waals surface area contributed by atoms with Crippen molar-refractivity contribution >= 4 is 23.1 Å². The van der Waals surface area contributed by atoms with E-state index in [9.17, 15) is 0 Å². The van der Waals surface area contributed by atoms with Crippen LogP contribution < -0.4 is 10.1 Å². The quantitative estimate of drug-likeness (QED) is 0.917. The van der Waals surface area contributed by atoms with Crippen LogP contribution in [0.2, 0.25) is 5.02 Å². The summed E-state index contributed by atoms with van der Waals surface area (Å²) in [5, 5.41) is 10.3. The Hall–Kier alpha value is -1.11. The van der Waals surface area contributed by atoms with Crippen LogP contribution in [0.15, 0.2) is 11.6 Å². The van der Waals surface area contributed by atoms with Gasteiger partial charge in [0, 0.05) is 36.8 Å². The molecule has 98 valence electrons. The number of methoxy groups -OCH3 is 1. The highest BCUT2D eigenvalue weighted by atomic mass is 35.5. The molecule has 18 heavy (non-hydrogen) atoms. The maximum Gasteiger partial charge on any atom is 0.229 e. The van der Waals surface area contributed by atoms with Gasteiger partial charge in [0.2, 0.25) is 5.88 Å². The molecule has 2 rings (SSSR count). The van der Waals surface area contributed by atoms with Crippen LogP contribution in [0.5, 0.6) is 5.88 Å². The molecule has 0 fully saturated rings. The van der Waals surface area contributed by atoms with Crippen LogP contribution in [-0.4, -0.2) is 21.3 Å². The Labute approximate surface area is 115 Å². The Morgan fingerprint density at radius 3 is 3.00 bits per heavy atom. The lowest BCUT2D eigenvalue weighted by atomic mass is 10.2. The topological polar surface area (TPSA) is 52.0 Å². The van der Waals surface area contributed by atoms with Gasteiger partial charge in [-0.05, 0) is 18.5 Å². The van der Waals surface area contributed by atoms with E-state index in [0.717, 1.165) is 11.3 Å². The maximum atomic E-state index is 6.05. The SMILES string of the molecule is COc1nscc1C(C)NCc1nn(C)cc1Cl. The Bertz CT molecular complexity index is 525. The van der Waals surface area contributed by atoms with Gasteiger partial charge in [-0.3, -0.25) is 4.68 Å². The number of nitrogens with zero attached hydrogens (tertiary/aromatic N) is 3. The summed E-state index contributed by atoms with van der Waals surface area (Å²) in [7, 11) is 3.48. The number of hydrogen-bond acceptors (Lipinski definition) is 5. The van der Waals surface area contributed by atoms with E-state index in [2.05, 4.69) is 21.7 Å². The van der Waals surface area contributed by atoms with Gasteiger partial charge < -0.3 is 10.1 Å². The maximum absolute atomic E-state index is 6.05. The molecular weight excluding hydrogens is 272 g/mol. The fraction of sp³-hybridized carbons (Fsp3) is 0.455. The van der Waals surface area contributed by atoms with E-state index in [-0.39, 0.29) is 6.04 Å². The number of hydrogen-bond donors (Lipinski definition) is 1. The van der Waals surface area contributed by atoms with Gasteiger partial charge in [-0.25, -0.2) is 0 Å². The predicted octanol–water partition coefficient (Wildman–Crippen LogP) is 2.39. The van der Waals surface area contributed by atoms with Gasteiger partial charge in [0.15, 0.2) is 0 Å². The largest absolute Gasteiger partial charge is 0.480 e. The van der Waals surface area contributed by atoms with Gasteiger partial charge in [-0.2, -0.15) is 9.47 Å². The van der Waals surface area contributed by atoms with Crippen molar-refractivity contribution in [2.75, 3.05) is 7.11 Å². The summed E-state index contributed by atoms with van der Waals surface area (Å²) >= 11 is 7.44. The standard InChI is InChI=1S/C11H15ClN4OS/c1-7(8-6-18-15-11(8)17-3)13-4-10-9(12)5-16(2)14-10/h5-7,13H,4H2,1-3H3. The fourth-order valence-electron chi connectivity index (χ4n) is 1.66. The highest BCUT2D eigenvalue weighted by Gasteiger charge is 2.14. The molecule has 0 saturated carbocycles. The zero-order chi connectivity index (χ0) is 13.1. The minimum absolute atomic E-state index is 0.136. The van der Waals surface area contributed by atoms with E-state index in [1.54, 1.807) is 18.0 Å². The van der Waals surface area contributed by atoms with E-state index in [4.69, 9.17) is 16.3 Å². The van der Waals surface area contributed by atoms with E-state index < -0.39 is 0 Å². The Balaban J connectivity index is 2.00. The molecule has 0 spiro atoms. The Morgan fingerprint density at radius 1 is 1.61 bits per heavy atom. The summed E-state index contributed by atoms with van der Waals surface area (Å²) in [5.41, 5.74) is 1.89. The van der Waals surface area contributed by atoms with Gasteiger partial charge in [0.05, 0.1) is 17.8 Å². The molecule has 0 aliphatic carbocycles. The first-order valence-electron chi connectivity index (χ1n) is 5.51. The molecular formula is C11H15ClN4OS. The number of halogens is 1. The lowest BCUT2D eigenvalue weighted by Crippen LogP contribution is -2.18. The third kappa shape index (κ3) is 2.82. The van der Waals surface area contributed by atoms with Crippen LogP contribution in [0.25, 0.3) is 0 Å². The predicted molar refractivity (Wildman–Crippen MR) is 72.1 cm³/mol. The second kappa shape index (κ2) is 5.69. The molecule has 0 aromatic carbocycles. The molecule has 2 aromatic rings. The summed E-state index contributed by atoms with van der Waals surface area (Å²) in [6, 6.07) is 0.136. The summed E-state index contributed by atoms with van der Waals surface area (Å²) in [5.74, 6) is 0.673. The molecule has 1 atom stereocenters. The molecule has 2 aromatic heterocycles. The van der Waals surface area contributed by atoms with Crippen molar-refractivity contribution in [2.45, 2.75) is 19.5 Å². The highest BCUT2D eigenvalue weighted by Crippen LogP contribution is 2.25. The lowest BCUT2D eigenvalue weighted by Gasteiger charge is -2.12. The minimum atomic E-state index is 0.136. The zero-order valence-electron chi connectivity index (χ0n) is 10.5. The van der Waals surface area contributed by atoms with E-state index in [1.807, 2.05) is 12.4 Å². The van der Waals surface area contributed by atoms with Crippen molar-refractivity contribution in [1.29, 1.82) is 0 Å². The summed E-state index contributed by atoms with van der Waals surface area (Å²) in [4.78, 5) is 0. The van der Waals surface area contributed by atoms with Crippen LogP contribution in [0, 0.1) is 0 Å². The number of aromatic nitrogens is 3. The van der Waals surface area contributed by atoms with Crippen LogP contribution >= 0.6 is 23.1 Å². The monoisotopic (exact) mass is 286 g/mol. The number of rotatable bonds is 5. The van der Waals surface area contributed by atoms with Crippen molar-refractivity contribution in [3.63, 3.8) is 0 Å². The average molecular weight is 287 g/mol. The van der Waals surface area contributed by atoms with Crippen molar-refractivity contribution < 1.29 is 4.74 Å². The van der Waals surface area contributed by atoms with Crippen LogP contribution in [-0.2, 0) is 13.6 Å². The van der Waals surface area contributed by atoms with Gasteiger partial charge in [0.25, 0.3) is 0 Å². The van der Waals surface area contributed by atoms with E-state index in [1.165, 1.54) is 11.5 Å². The molecule has 0 amide bonds. The molecule has 2 heterocycles. The third-order valence-electron chi connectivity index (χ3n) is 2.65. The van der Waals surface area contributed by atoms with Crippen molar-refractivity contribution in [1.82, 2.24) is 19.5 Å². The number of aryl methyl sites for hydroxylation is 1. The molecule has 1 N–H and O–H groups in total. The Morgan fingerprint density at radius 2 is 2.39 bits per heavy atom. The molecule has 0 radical (unpaired) electrons. The van der Waals surface area contributed by atoms with Gasteiger partial charge in [-0.15, -0.1) is 0 Å². The molecule has 0 aliphatic rings.